The Morgan fingerprint density at radius 2 is 1.62 bits per heavy atom. The van der Waals surface area contributed by atoms with Gasteiger partial charge in [-0.2, -0.15) is 0 Å². The molecule has 37 heavy (non-hydrogen) atoms. The average Bonchev–Trinajstić information content (AvgIpc) is 3.24. The molecule has 5 rings (SSSR count). The number of thioether (sulfide) groups is 1. The van der Waals surface area contributed by atoms with E-state index in [-0.39, 0.29) is 23.1 Å². The van der Waals surface area contributed by atoms with E-state index in [1.165, 1.54) is 23.1 Å². The van der Waals surface area contributed by atoms with E-state index < -0.39 is 0 Å². The van der Waals surface area contributed by atoms with Gasteiger partial charge in [-0.15, -0.1) is 11.3 Å². The highest BCUT2D eigenvalue weighted by Gasteiger charge is 2.21. The number of thiophene rings is 1. The molecule has 0 saturated heterocycles. The molecular weight excluding hydrogens is 498 g/mol. The highest BCUT2D eigenvalue weighted by Crippen LogP contribution is 2.37. The topological polar surface area (TPSA) is 64.0 Å². The van der Waals surface area contributed by atoms with E-state index in [2.05, 4.69) is 19.2 Å². The fourth-order valence-corrected chi connectivity index (χ4v) is 6.33. The van der Waals surface area contributed by atoms with Crippen molar-refractivity contribution in [3.8, 4) is 16.8 Å². The van der Waals surface area contributed by atoms with Crippen LogP contribution < -0.4 is 10.9 Å². The number of carbonyl (C=O) groups excluding carboxylic acids is 1. The fraction of sp³-hybridized carbons (Fsp3) is 0.167. The summed E-state index contributed by atoms with van der Waals surface area (Å²) >= 11 is 2.78. The summed E-state index contributed by atoms with van der Waals surface area (Å²) in [5, 5.41) is 4.14. The molecule has 0 unspecified atom stereocenters. The third-order valence-corrected chi connectivity index (χ3v) is 8.07. The van der Waals surface area contributed by atoms with Crippen LogP contribution in [0.4, 0.5) is 5.69 Å². The Labute approximate surface area is 224 Å². The van der Waals surface area contributed by atoms with Crippen LogP contribution in [0.15, 0.2) is 94.9 Å². The number of rotatable bonds is 7. The summed E-state index contributed by atoms with van der Waals surface area (Å²) in [5.41, 5.74) is 4.40. The van der Waals surface area contributed by atoms with Gasteiger partial charge < -0.3 is 5.32 Å². The van der Waals surface area contributed by atoms with E-state index in [9.17, 15) is 9.59 Å². The molecule has 7 heteroatoms. The lowest BCUT2D eigenvalue weighted by atomic mass is 10.0. The Kier molecular flexibility index (Phi) is 7.26. The van der Waals surface area contributed by atoms with Gasteiger partial charge in [-0.25, -0.2) is 4.98 Å². The Morgan fingerprint density at radius 3 is 2.32 bits per heavy atom. The van der Waals surface area contributed by atoms with Gasteiger partial charge in [0.1, 0.15) is 4.83 Å². The first-order valence-corrected chi connectivity index (χ1v) is 13.9. The summed E-state index contributed by atoms with van der Waals surface area (Å²) in [6, 6.07) is 27.3. The quantitative estimate of drug-likeness (QED) is 0.179. The Hall–Kier alpha value is -3.68. The molecule has 0 fully saturated rings. The molecule has 1 amide bonds. The molecule has 0 radical (unpaired) electrons. The predicted molar refractivity (Wildman–Crippen MR) is 155 cm³/mol. The van der Waals surface area contributed by atoms with Gasteiger partial charge in [0.15, 0.2) is 5.16 Å². The van der Waals surface area contributed by atoms with Gasteiger partial charge in [0.25, 0.3) is 5.56 Å². The number of hydrogen-bond acceptors (Lipinski definition) is 5. The summed E-state index contributed by atoms with van der Waals surface area (Å²) in [6.45, 7) is 6.22. The van der Waals surface area contributed by atoms with Crippen LogP contribution in [0.3, 0.4) is 0 Å². The zero-order valence-corrected chi connectivity index (χ0v) is 22.5. The summed E-state index contributed by atoms with van der Waals surface area (Å²) < 4.78 is 1.63. The number of fused-ring (bicyclic) bond motifs is 1. The number of aryl methyl sites for hydroxylation is 1. The first kappa shape index (κ1) is 25.0. The number of hydrogen-bond donors (Lipinski definition) is 1. The van der Waals surface area contributed by atoms with Crippen LogP contribution in [0, 0.1) is 6.92 Å². The Balaban J connectivity index is 1.55. The molecule has 1 N–H and O–H groups in total. The van der Waals surface area contributed by atoms with Crippen molar-refractivity contribution in [2.24, 2.45) is 0 Å². The normalized spacial score (nSPS) is 11.2. The number of anilines is 1. The maximum absolute atomic E-state index is 14.0. The Bertz CT molecular complexity index is 1620. The van der Waals surface area contributed by atoms with Gasteiger partial charge in [-0.3, -0.25) is 14.2 Å². The minimum absolute atomic E-state index is 0.132. The van der Waals surface area contributed by atoms with Crippen LogP contribution in [-0.2, 0) is 4.79 Å². The third kappa shape index (κ3) is 5.10. The van der Waals surface area contributed by atoms with Crippen LogP contribution in [0.5, 0.6) is 0 Å². The lowest BCUT2D eigenvalue weighted by molar-refractivity contribution is -0.113. The van der Waals surface area contributed by atoms with Crippen molar-refractivity contribution in [2.45, 2.75) is 31.8 Å². The van der Waals surface area contributed by atoms with E-state index in [1.54, 1.807) is 4.57 Å². The predicted octanol–water partition coefficient (Wildman–Crippen LogP) is 7.28. The number of nitrogens with zero attached hydrogens (tertiary/aromatic N) is 2. The number of benzene rings is 3. The van der Waals surface area contributed by atoms with Crippen LogP contribution in [-0.4, -0.2) is 21.2 Å². The number of aromatic nitrogens is 2. The lowest BCUT2D eigenvalue weighted by Crippen LogP contribution is -2.23. The standard InChI is InChI=1S/C30H27N3O2S2/c1-19(2)23-16-10-11-17-24(23)31-25(34)18-36-30-32-28-27(29(35)33(30)22-14-8-5-9-15-22)26(20(3)37-28)21-12-6-4-7-13-21/h4-17,19H,18H2,1-3H3,(H,31,34). The molecule has 0 bridgehead atoms. The van der Waals surface area contributed by atoms with E-state index in [1.807, 2.05) is 91.9 Å². The van der Waals surface area contributed by atoms with Gasteiger partial charge in [0, 0.05) is 16.1 Å². The molecule has 0 aliphatic rings. The van der Waals surface area contributed by atoms with Crippen molar-refractivity contribution in [2.75, 3.05) is 11.1 Å². The van der Waals surface area contributed by atoms with Gasteiger partial charge in [0.05, 0.1) is 16.8 Å². The summed E-state index contributed by atoms with van der Waals surface area (Å²) in [5.74, 6) is 0.282. The molecule has 5 nitrogen and oxygen atoms in total. The molecule has 3 aromatic carbocycles. The van der Waals surface area contributed by atoms with E-state index in [4.69, 9.17) is 4.98 Å². The summed E-state index contributed by atoms with van der Waals surface area (Å²) in [6.07, 6.45) is 0. The van der Waals surface area contributed by atoms with Crippen LogP contribution in [0.1, 0.15) is 30.2 Å². The molecule has 186 valence electrons. The van der Waals surface area contributed by atoms with Crippen molar-refractivity contribution in [3.05, 3.63) is 106 Å². The number of carbonyl (C=O) groups is 1. The lowest BCUT2D eigenvalue weighted by Gasteiger charge is -2.15. The molecule has 0 atom stereocenters. The molecule has 0 saturated carbocycles. The average molecular weight is 526 g/mol. The summed E-state index contributed by atoms with van der Waals surface area (Å²) in [7, 11) is 0. The SMILES string of the molecule is Cc1sc2nc(SCC(=O)Nc3ccccc3C(C)C)n(-c3ccccc3)c(=O)c2c1-c1ccccc1. The maximum atomic E-state index is 14.0. The van der Waals surface area contributed by atoms with Crippen molar-refractivity contribution in [1.29, 1.82) is 0 Å². The van der Waals surface area contributed by atoms with E-state index in [0.717, 1.165) is 32.9 Å². The molecule has 2 aromatic heterocycles. The monoisotopic (exact) mass is 525 g/mol. The first-order valence-electron chi connectivity index (χ1n) is 12.1. The van der Waals surface area contributed by atoms with Crippen LogP contribution >= 0.6 is 23.1 Å². The highest BCUT2D eigenvalue weighted by atomic mass is 32.2. The number of amides is 1. The van der Waals surface area contributed by atoms with Crippen LogP contribution in [0.2, 0.25) is 0 Å². The molecular formula is C30H27N3O2S2. The number of nitrogens with one attached hydrogen (secondary N) is 1. The first-order chi connectivity index (χ1) is 17.9. The zero-order valence-electron chi connectivity index (χ0n) is 20.9. The Morgan fingerprint density at radius 1 is 0.973 bits per heavy atom. The maximum Gasteiger partial charge on any atom is 0.268 e. The second-order valence-electron chi connectivity index (χ2n) is 9.03. The van der Waals surface area contributed by atoms with Gasteiger partial charge in [-0.05, 0) is 42.2 Å². The second-order valence-corrected chi connectivity index (χ2v) is 11.2. The van der Waals surface area contributed by atoms with Crippen molar-refractivity contribution in [3.63, 3.8) is 0 Å². The molecule has 0 aliphatic heterocycles. The number of para-hydroxylation sites is 2. The van der Waals surface area contributed by atoms with Gasteiger partial charge in [0.2, 0.25) is 5.91 Å². The highest BCUT2D eigenvalue weighted by molar-refractivity contribution is 7.99. The minimum atomic E-state index is -0.139. The molecule has 0 spiro atoms. The molecule has 2 heterocycles. The smallest absolute Gasteiger partial charge is 0.268 e. The van der Waals surface area contributed by atoms with Crippen LogP contribution in [0.25, 0.3) is 27.0 Å². The second kappa shape index (κ2) is 10.7. The molecule has 5 aromatic rings. The molecule has 0 aliphatic carbocycles. The van der Waals surface area contributed by atoms with Gasteiger partial charge in [-0.1, -0.05) is 92.3 Å². The van der Waals surface area contributed by atoms with E-state index >= 15 is 0 Å². The zero-order chi connectivity index (χ0) is 25.9. The van der Waals surface area contributed by atoms with Crippen molar-refractivity contribution < 1.29 is 4.79 Å². The van der Waals surface area contributed by atoms with Gasteiger partial charge >= 0.3 is 0 Å². The van der Waals surface area contributed by atoms with Crippen molar-refractivity contribution in [1.82, 2.24) is 9.55 Å². The minimum Gasteiger partial charge on any atom is -0.325 e. The van der Waals surface area contributed by atoms with Crippen molar-refractivity contribution >= 4 is 44.9 Å². The fourth-order valence-electron chi connectivity index (χ4n) is 4.43. The summed E-state index contributed by atoms with van der Waals surface area (Å²) in [4.78, 5) is 33.6. The van der Waals surface area contributed by atoms with E-state index in [0.29, 0.717) is 15.4 Å². The largest absolute Gasteiger partial charge is 0.325 e. The third-order valence-electron chi connectivity index (χ3n) is 6.14.